The highest BCUT2D eigenvalue weighted by atomic mass is 16.5. The Bertz CT molecular complexity index is 701. The average molecular weight is 360 g/mol. The van der Waals surface area contributed by atoms with Crippen LogP contribution in [0.2, 0.25) is 0 Å². The zero-order chi connectivity index (χ0) is 19.4. The Morgan fingerprint density at radius 1 is 1.27 bits per heavy atom. The summed E-state index contributed by atoms with van der Waals surface area (Å²) in [5.74, 6) is 1.90. The number of carbonyl (C=O) groups excluding carboxylic acids is 1. The molecule has 0 spiro atoms. The Hall–Kier alpha value is -1.84. The van der Waals surface area contributed by atoms with Gasteiger partial charge in [0.05, 0.1) is 7.11 Å². The van der Waals surface area contributed by atoms with Crippen molar-refractivity contribution in [2.45, 2.75) is 65.2 Å². The minimum Gasteiger partial charge on any atom is -0.465 e. The van der Waals surface area contributed by atoms with Crippen LogP contribution in [0.5, 0.6) is 0 Å². The molecule has 4 heteroatoms. The first-order chi connectivity index (χ1) is 12.3. The molecule has 1 aromatic rings. The van der Waals surface area contributed by atoms with Crippen LogP contribution < -0.4 is 5.63 Å². The molecule has 1 unspecified atom stereocenters. The number of ether oxygens (including phenoxy) is 1. The van der Waals surface area contributed by atoms with Gasteiger partial charge < -0.3 is 9.15 Å². The van der Waals surface area contributed by atoms with Crippen LogP contribution in [0.25, 0.3) is 0 Å². The van der Waals surface area contributed by atoms with Crippen LogP contribution in [-0.2, 0) is 4.74 Å². The van der Waals surface area contributed by atoms with Crippen molar-refractivity contribution >= 4 is 5.97 Å². The maximum atomic E-state index is 12.4. The molecule has 0 aromatic carbocycles. The predicted octanol–water partition coefficient (Wildman–Crippen LogP) is 5.28. The molecule has 0 bridgehead atoms. The van der Waals surface area contributed by atoms with E-state index in [1.165, 1.54) is 7.11 Å². The highest BCUT2D eigenvalue weighted by Gasteiger charge is 2.30. The lowest BCUT2D eigenvalue weighted by molar-refractivity contribution is 0.0594. The normalized spacial score (nSPS) is 26.8. The van der Waals surface area contributed by atoms with Gasteiger partial charge in [-0.3, -0.25) is 0 Å². The van der Waals surface area contributed by atoms with Gasteiger partial charge in [-0.25, -0.2) is 9.59 Å². The van der Waals surface area contributed by atoms with Gasteiger partial charge in [-0.2, -0.15) is 0 Å². The molecule has 1 aromatic heterocycles. The molecule has 0 aliphatic heterocycles. The van der Waals surface area contributed by atoms with E-state index < -0.39 is 11.6 Å². The Morgan fingerprint density at radius 3 is 2.54 bits per heavy atom. The summed E-state index contributed by atoms with van der Waals surface area (Å²) in [5.41, 5.74) is 0.394. The number of hydrogen-bond donors (Lipinski definition) is 0. The number of rotatable bonds is 3. The van der Waals surface area contributed by atoms with E-state index in [4.69, 9.17) is 9.15 Å². The Kier molecular flexibility index (Phi) is 6.85. The van der Waals surface area contributed by atoms with Crippen molar-refractivity contribution in [3.63, 3.8) is 0 Å². The zero-order valence-corrected chi connectivity index (χ0v) is 16.7. The van der Waals surface area contributed by atoms with Crippen molar-refractivity contribution in [3.05, 3.63) is 46.0 Å². The van der Waals surface area contributed by atoms with Crippen LogP contribution in [0.4, 0.5) is 0 Å². The van der Waals surface area contributed by atoms with Gasteiger partial charge in [0, 0.05) is 5.92 Å². The summed E-state index contributed by atoms with van der Waals surface area (Å²) in [7, 11) is 1.29. The smallest absolute Gasteiger partial charge is 0.350 e. The van der Waals surface area contributed by atoms with Crippen molar-refractivity contribution in [2.24, 2.45) is 17.8 Å². The molecule has 0 radical (unpaired) electrons. The van der Waals surface area contributed by atoms with Crippen LogP contribution in [0, 0.1) is 17.8 Å². The fourth-order valence-electron chi connectivity index (χ4n) is 4.14. The maximum Gasteiger partial charge on any atom is 0.350 e. The van der Waals surface area contributed by atoms with Gasteiger partial charge in [-0.15, -0.1) is 6.58 Å². The maximum absolute atomic E-state index is 12.4. The van der Waals surface area contributed by atoms with Crippen LogP contribution in [0.3, 0.4) is 0 Å². The highest BCUT2D eigenvalue weighted by Crippen LogP contribution is 2.40. The summed E-state index contributed by atoms with van der Waals surface area (Å²) in [6, 6.07) is 1.73. The van der Waals surface area contributed by atoms with Crippen LogP contribution in [0.15, 0.2) is 27.9 Å². The fourth-order valence-corrected chi connectivity index (χ4v) is 4.14. The van der Waals surface area contributed by atoms with Gasteiger partial charge in [0.2, 0.25) is 0 Å². The summed E-state index contributed by atoms with van der Waals surface area (Å²) in [5, 5.41) is 0. The van der Waals surface area contributed by atoms with Gasteiger partial charge in [-0.1, -0.05) is 33.8 Å². The summed E-state index contributed by atoms with van der Waals surface area (Å²) < 4.78 is 10.5. The van der Waals surface area contributed by atoms with Crippen molar-refractivity contribution in [1.29, 1.82) is 0 Å². The van der Waals surface area contributed by atoms with Crippen LogP contribution in [0.1, 0.15) is 86.9 Å². The zero-order valence-electron chi connectivity index (χ0n) is 16.7. The first-order valence-electron chi connectivity index (χ1n) is 9.68. The second-order valence-corrected chi connectivity index (χ2v) is 8.04. The minimum atomic E-state index is -0.631. The number of methoxy groups -OCH3 is 1. The van der Waals surface area contributed by atoms with Crippen LogP contribution in [-0.4, -0.2) is 13.1 Å². The fraction of sp³-hybridized carbons (Fsp3) is 0.636. The first kappa shape index (κ1) is 20.5. The molecule has 0 fully saturated rings. The third-order valence-corrected chi connectivity index (χ3v) is 5.96. The predicted molar refractivity (Wildman–Crippen MR) is 104 cm³/mol. The van der Waals surface area contributed by atoms with E-state index in [0.717, 1.165) is 37.0 Å². The Labute approximate surface area is 156 Å². The minimum absolute atomic E-state index is 0.00169. The second-order valence-electron chi connectivity index (χ2n) is 8.04. The van der Waals surface area contributed by atoms with Crippen molar-refractivity contribution < 1.29 is 13.9 Å². The van der Waals surface area contributed by atoms with Gasteiger partial charge >= 0.3 is 11.6 Å². The monoisotopic (exact) mass is 360 g/mol. The molecule has 26 heavy (non-hydrogen) atoms. The molecule has 0 saturated carbocycles. The van der Waals surface area contributed by atoms with E-state index in [1.54, 1.807) is 6.07 Å². The summed E-state index contributed by atoms with van der Waals surface area (Å²) in [6.45, 7) is 12.8. The summed E-state index contributed by atoms with van der Waals surface area (Å²) in [6.07, 6.45) is 6.11. The van der Waals surface area contributed by atoms with Crippen molar-refractivity contribution in [3.8, 4) is 0 Å². The van der Waals surface area contributed by atoms with E-state index in [0.29, 0.717) is 17.8 Å². The average Bonchev–Trinajstić information content (AvgIpc) is 2.61. The number of allylic oxidation sites excluding steroid dienone is 1. The molecule has 0 N–H and O–H groups in total. The summed E-state index contributed by atoms with van der Waals surface area (Å²) >= 11 is 0. The quantitative estimate of drug-likeness (QED) is 0.543. The SMILES string of the molecule is C=CC1CC[C@@H](C)c2oc(=O)c(C(=O)OC)cc2[C@@H](C(C)C)CC[C@H]1C. The first-order valence-corrected chi connectivity index (χ1v) is 9.68. The lowest BCUT2D eigenvalue weighted by Crippen LogP contribution is -2.23. The lowest BCUT2D eigenvalue weighted by atomic mass is 9.75. The molecular weight excluding hydrogens is 328 g/mol. The van der Waals surface area contributed by atoms with Crippen LogP contribution >= 0.6 is 0 Å². The van der Waals surface area contributed by atoms with Crippen molar-refractivity contribution in [1.82, 2.24) is 0 Å². The molecule has 1 aliphatic rings. The number of fused-ring (bicyclic) bond motifs is 1. The number of esters is 1. The second kappa shape index (κ2) is 8.70. The molecule has 144 valence electrons. The van der Waals surface area contributed by atoms with E-state index in [-0.39, 0.29) is 17.4 Å². The Balaban J connectivity index is 2.59. The lowest BCUT2D eigenvalue weighted by Gasteiger charge is -2.30. The standard InChI is InChI=1S/C22H32O4/c1-7-16-10-8-15(5)20-18(17(13(2)3)11-9-14(16)4)12-19(21(23)25-6)22(24)26-20/h7,12-17H,1,8-11H2,2-6H3/t14-,15-,16?,17-/m1/s1. The number of carbonyl (C=O) groups is 1. The van der Waals surface area contributed by atoms with E-state index >= 15 is 0 Å². The third kappa shape index (κ3) is 4.28. The molecule has 0 amide bonds. The van der Waals surface area contributed by atoms with Gasteiger partial charge in [0.1, 0.15) is 11.3 Å². The van der Waals surface area contributed by atoms with Crippen molar-refractivity contribution in [2.75, 3.05) is 7.11 Å². The van der Waals surface area contributed by atoms with E-state index in [2.05, 4.69) is 40.3 Å². The topological polar surface area (TPSA) is 56.5 Å². The molecule has 4 atom stereocenters. The third-order valence-electron chi connectivity index (χ3n) is 5.96. The largest absolute Gasteiger partial charge is 0.465 e. The van der Waals surface area contributed by atoms with Gasteiger partial charge in [0.15, 0.2) is 0 Å². The molecule has 2 rings (SSSR count). The number of hydrogen-bond acceptors (Lipinski definition) is 4. The van der Waals surface area contributed by atoms with E-state index in [1.807, 2.05) is 0 Å². The van der Waals surface area contributed by atoms with Gasteiger partial charge in [0.25, 0.3) is 0 Å². The molecule has 1 aliphatic carbocycles. The highest BCUT2D eigenvalue weighted by molar-refractivity contribution is 5.88. The molecule has 4 nitrogen and oxygen atoms in total. The molecule has 1 heterocycles. The van der Waals surface area contributed by atoms with Gasteiger partial charge in [-0.05, 0) is 61.0 Å². The molecular formula is C22H32O4. The van der Waals surface area contributed by atoms with E-state index in [9.17, 15) is 9.59 Å². The Morgan fingerprint density at radius 2 is 1.96 bits per heavy atom. The molecule has 0 saturated heterocycles. The summed E-state index contributed by atoms with van der Waals surface area (Å²) in [4.78, 5) is 24.3.